The molecule has 12 rings (SSSR count). The number of rotatable bonds is 5. The quantitative estimate of drug-likeness (QED) is 0.176. The van der Waals surface area contributed by atoms with Crippen LogP contribution in [0, 0.1) is 0 Å². The molecule has 4 aromatic heterocycles. The lowest BCUT2D eigenvalue weighted by Gasteiger charge is -2.14. The summed E-state index contributed by atoms with van der Waals surface area (Å²) in [6.07, 6.45) is 0. The predicted octanol–water partition coefficient (Wildman–Crippen LogP) is 14.0. The van der Waals surface area contributed by atoms with Crippen molar-refractivity contribution in [3.05, 3.63) is 193 Å². The van der Waals surface area contributed by atoms with E-state index in [2.05, 4.69) is 203 Å². The van der Waals surface area contributed by atoms with Crippen LogP contribution in [0.5, 0.6) is 0 Å². The van der Waals surface area contributed by atoms with Crippen LogP contribution in [0.4, 0.5) is 0 Å². The molecule has 0 atom stereocenters. The van der Waals surface area contributed by atoms with Crippen LogP contribution in [0.25, 0.3) is 110 Å². The van der Waals surface area contributed by atoms with Crippen LogP contribution >= 0.6 is 11.3 Å². The summed E-state index contributed by atoms with van der Waals surface area (Å²) >= 11 is 1.66. The van der Waals surface area contributed by atoms with E-state index in [0.717, 1.165) is 43.8 Å². The van der Waals surface area contributed by atoms with Crippen LogP contribution in [-0.4, -0.2) is 19.1 Å². The Bertz CT molecular complexity index is 3530. The summed E-state index contributed by atoms with van der Waals surface area (Å²) in [5.74, 6) is 0.668. The molecule has 4 nitrogen and oxygen atoms in total. The highest BCUT2D eigenvalue weighted by Gasteiger charge is 2.21. The number of fused-ring (bicyclic) bond motifs is 8. The fraction of sp³-hybridized carbons (Fsp3) is 0. The smallest absolute Gasteiger partial charge is 0.236 e. The Kier molecular flexibility index (Phi) is 7.06. The fourth-order valence-corrected chi connectivity index (χ4v) is 9.67. The van der Waals surface area contributed by atoms with Gasteiger partial charge in [0.25, 0.3) is 0 Å². The van der Waals surface area contributed by atoms with Gasteiger partial charge in [0.05, 0.1) is 27.8 Å². The molecule has 4 heterocycles. The van der Waals surface area contributed by atoms with Crippen LogP contribution in [0.1, 0.15) is 0 Å². The lowest BCUT2D eigenvalue weighted by Crippen LogP contribution is -2.03. The van der Waals surface area contributed by atoms with Crippen LogP contribution in [-0.2, 0) is 0 Å². The van der Waals surface area contributed by atoms with Gasteiger partial charge in [-0.1, -0.05) is 133 Å². The first kappa shape index (κ1) is 32.0. The molecule has 0 aliphatic heterocycles. The van der Waals surface area contributed by atoms with E-state index in [-0.39, 0.29) is 0 Å². The molecule has 0 amide bonds. The molecule has 12 aromatic rings. The molecule has 0 N–H and O–H groups in total. The van der Waals surface area contributed by atoms with E-state index in [1.165, 1.54) is 60.0 Å². The van der Waals surface area contributed by atoms with Gasteiger partial charge in [0.15, 0.2) is 0 Å². The third-order valence-electron chi connectivity index (χ3n) is 11.5. The van der Waals surface area contributed by atoms with Crippen molar-refractivity contribution in [1.29, 1.82) is 0 Å². The molecule has 0 saturated heterocycles. The van der Waals surface area contributed by atoms with Crippen molar-refractivity contribution >= 4 is 75.9 Å². The third-order valence-corrected chi connectivity index (χ3v) is 12.3. The van der Waals surface area contributed by atoms with Crippen LogP contribution in [0.2, 0.25) is 0 Å². The van der Waals surface area contributed by atoms with E-state index >= 15 is 0 Å². The molecule has 0 fully saturated rings. The van der Waals surface area contributed by atoms with Crippen LogP contribution < -0.4 is 0 Å². The number of benzene rings is 8. The predicted molar refractivity (Wildman–Crippen MR) is 240 cm³/mol. The summed E-state index contributed by atoms with van der Waals surface area (Å²) in [7, 11) is 0. The minimum atomic E-state index is 0.668. The zero-order chi connectivity index (χ0) is 37.5. The average molecular weight is 745 g/mol. The Morgan fingerprint density at radius 3 is 1.68 bits per heavy atom. The molecule has 8 aromatic carbocycles. The summed E-state index contributed by atoms with van der Waals surface area (Å²) in [4.78, 5) is 11.7. The highest BCUT2D eigenvalue weighted by Crippen LogP contribution is 2.41. The van der Waals surface area contributed by atoms with E-state index in [1.807, 2.05) is 0 Å². The lowest BCUT2D eigenvalue weighted by molar-refractivity contribution is 1.02. The van der Waals surface area contributed by atoms with Crippen molar-refractivity contribution in [3.63, 3.8) is 0 Å². The number of para-hydroxylation sites is 3. The maximum atomic E-state index is 5.48. The second kappa shape index (κ2) is 12.6. The van der Waals surface area contributed by atoms with Gasteiger partial charge in [-0.15, -0.1) is 11.3 Å². The molecule has 0 aliphatic rings. The topological polar surface area (TPSA) is 35.6 Å². The molecular weight excluding hydrogens is 713 g/mol. The number of aromatic nitrogens is 4. The molecule has 0 radical (unpaired) electrons. The number of nitrogens with zero attached hydrogens (tertiary/aromatic N) is 4. The van der Waals surface area contributed by atoms with Gasteiger partial charge >= 0.3 is 0 Å². The Hall–Kier alpha value is -7.34. The lowest BCUT2D eigenvalue weighted by atomic mass is 9.92. The van der Waals surface area contributed by atoms with Gasteiger partial charge in [0, 0.05) is 38.2 Å². The van der Waals surface area contributed by atoms with Gasteiger partial charge < -0.3 is 4.57 Å². The van der Waals surface area contributed by atoms with Gasteiger partial charge in [-0.3, -0.25) is 4.57 Å². The molecule has 0 saturated carbocycles. The molecule has 0 bridgehead atoms. The first-order valence-corrected chi connectivity index (χ1v) is 20.1. The number of hydrogen-bond donors (Lipinski definition) is 0. The standard InChI is InChI=1S/C52H32N4S/c1-2-15-36(16-3-1)55-46-23-10-8-19-40(46)44-31-34(25-27-48(44)55)35-26-28-49-45(32-35)41-20-9-11-24-47(41)56(49)52-53-50(43-29-30-57-51(43)54-52)42-21-7-6-18-39(42)38-22-12-14-33-13-4-5-17-37(33)38/h1-32H. The Morgan fingerprint density at radius 1 is 0.368 bits per heavy atom. The molecule has 57 heavy (non-hydrogen) atoms. The van der Waals surface area contributed by atoms with Crippen molar-refractivity contribution in [2.45, 2.75) is 0 Å². The Balaban J connectivity index is 1.04. The Morgan fingerprint density at radius 2 is 0.930 bits per heavy atom. The third kappa shape index (κ3) is 4.93. The van der Waals surface area contributed by atoms with E-state index in [1.54, 1.807) is 11.3 Å². The van der Waals surface area contributed by atoms with Crippen molar-refractivity contribution < 1.29 is 0 Å². The van der Waals surface area contributed by atoms with E-state index < -0.39 is 0 Å². The minimum Gasteiger partial charge on any atom is -0.309 e. The molecular formula is C52H32N4S. The summed E-state index contributed by atoms with van der Waals surface area (Å²) in [6, 6.07) is 67.6. The second-order valence-electron chi connectivity index (χ2n) is 14.6. The molecule has 0 spiro atoms. The summed E-state index contributed by atoms with van der Waals surface area (Å²) < 4.78 is 4.61. The van der Waals surface area contributed by atoms with Gasteiger partial charge in [-0.25, -0.2) is 9.97 Å². The molecule has 0 unspecified atom stereocenters. The highest BCUT2D eigenvalue weighted by molar-refractivity contribution is 7.16. The molecule has 0 aliphatic carbocycles. The monoisotopic (exact) mass is 744 g/mol. The maximum absolute atomic E-state index is 5.48. The molecule has 5 heteroatoms. The van der Waals surface area contributed by atoms with Crippen LogP contribution in [0.3, 0.4) is 0 Å². The van der Waals surface area contributed by atoms with Gasteiger partial charge in [0.1, 0.15) is 4.83 Å². The number of thiophene rings is 1. The normalized spacial score (nSPS) is 11.9. The SMILES string of the molecule is c1ccc(-n2c3ccccc3c3cc(-c4ccc5c(c4)c4ccccc4n5-c4nc(-c5ccccc5-c5cccc6ccccc56)c5ccsc5n4)ccc32)cc1. The first-order chi connectivity index (χ1) is 28.3. The zero-order valence-electron chi connectivity index (χ0n) is 30.7. The minimum absolute atomic E-state index is 0.668. The van der Waals surface area contributed by atoms with Gasteiger partial charge in [0.2, 0.25) is 5.95 Å². The molecule has 266 valence electrons. The van der Waals surface area contributed by atoms with Crippen molar-refractivity contribution in [1.82, 2.24) is 19.1 Å². The summed E-state index contributed by atoms with van der Waals surface area (Å²) in [6.45, 7) is 0. The first-order valence-electron chi connectivity index (χ1n) is 19.2. The largest absolute Gasteiger partial charge is 0.309 e. The summed E-state index contributed by atoms with van der Waals surface area (Å²) in [5, 5.41) is 10.5. The van der Waals surface area contributed by atoms with Crippen molar-refractivity contribution in [2.24, 2.45) is 0 Å². The van der Waals surface area contributed by atoms with Gasteiger partial charge in [-0.2, -0.15) is 0 Å². The second-order valence-corrected chi connectivity index (χ2v) is 15.5. The van der Waals surface area contributed by atoms with Gasteiger partial charge in [-0.05, 0) is 93.0 Å². The number of hydrogen-bond acceptors (Lipinski definition) is 3. The van der Waals surface area contributed by atoms with Crippen molar-refractivity contribution in [2.75, 3.05) is 0 Å². The summed E-state index contributed by atoms with van der Waals surface area (Å²) in [5.41, 5.74) is 12.4. The van der Waals surface area contributed by atoms with Crippen molar-refractivity contribution in [3.8, 4) is 45.1 Å². The average Bonchev–Trinajstić information content (AvgIpc) is 3.98. The van der Waals surface area contributed by atoms with Crippen LogP contribution in [0.15, 0.2) is 193 Å². The Labute approximate surface area is 332 Å². The van der Waals surface area contributed by atoms with E-state index in [9.17, 15) is 0 Å². The van der Waals surface area contributed by atoms with E-state index in [4.69, 9.17) is 9.97 Å². The highest BCUT2D eigenvalue weighted by atomic mass is 32.1. The fourth-order valence-electron chi connectivity index (χ4n) is 8.91. The van der Waals surface area contributed by atoms with E-state index in [0.29, 0.717) is 5.95 Å². The zero-order valence-corrected chi connectivity index (χ0v) is 31.5. The maximum Gasteiger partial charge on any atom is 0.236 e.